The second-order valence-corrected chi connectivity index (χ2v) is 6.28. The van der Waals surface area contributed by atoms with E-state index in [1.165, 1.54) is 18.2 Å². The van der Waals surface area contributed by atoms with Crippen LogP contribution in [0.25, 0.3) is 0 Å². The molecule has 0 aliphatic heterocycles. The van der Waals surface area contributed by atoms with E-state index >= 15 is 0 Å². The van der Waals surface area contributed by atoms with Crippen LogP contribution in [0.4, 0.5) is 5.69 Å². The molecule has 9 heteroatoms. The first-order chi connectivity index (χ1) is 8.68. The first-order valence-electron chi connectivity index (χ1n) is 5.04. The molecule has 0 heterocycles. The molecule has 0 saturated carbocycles. The molecule has 0 fully saturated rings. The van der Waals surface area contributed by atoms with Crippen molar-refractivity contribution < 1.29 is 18.0 Å². The molecule has 0 bridgehead atoms. The van der Waals surface area contributed by atoms with Gasteiger partial charge in [-0.15, -0.1) is 0 Å². The van der Waals surface area contributed by atoms with Crippen LogP contribution in [-0.2, 0) is 14.8 Å². The summed E-state index contributed by atoms with van der Waals surface area (Å²) in [5.74, 6) is -0.723. The summed E-state index contributed by atoms with van der Waals surface area (Å²) in [7, 11) is -2.51. The van der Waals surface area contributed by atoms with Crippen molar-refractivity contribution in [2.75, 3.05) is 6.26 Å². The number of halogens is 1. The summed E-state index contributed by atoms with van der Waals surface area (Å²) in [4.78, 5) is 25.6. The van der Waals surface area contributed by atoms with Crippen LogP contribution in [-0.4, -0.2) is 38.9 Å². The van der Waals surface area contributed by atoms with Crippen LogP contribution < -0.4 is 0 Å². The van der Waals surface area contributed by atoms with Gasteiger partial charge in [-0.05, 0) is 24.6 Å². The van der Waals surface area contributed by atoms with Gasteiger partial charge in [-0.2, -0.15) is 4.99 Å². The van der Waals surface area contributed by atoms with Gasteiger partial charge in [0.1, 0.15) is 0 Å². The lowest BCUT2D eigenvalue weighted by Gasteiger charge is -2.17. The predicted octanol–water partition coefficient (Wildman–Crippen LogP) is 0.566. The number of aryl methyl sites for hydroxylation is 1. The number of aliphatic imine (C=N–C) groups is 1. The molecule has 19 heavy (non-hydrogen) atoms. The van der Waals surface area contributed by atoms with E-state index in [4.69, 9.17) is 11.6 Å². The lowest BCUT2D eigenvalue weighted by molar-refractivity contribution is 0.0922. The Labute approximate surface area is 116 Å². The third kappa shape index (κ3) is 3.44. The highest BCUT2D eigenvalue weighted by molar-refractivity contribution is 7.89. The molecule has 0 unspecified atom stereocenters. The van der Waals surface area contributed by atoms with Crippen LogP contribution in [0.2, 0.25) is 5.02 Å². The van der Waals surface area contributed by atoms with E-state index in [0.29, 0.717) is 9.78 Å². The fourth-order valence-corrected chi connectivity index (χ4v) is 2.01. The molecule has 100 valence electrons. The molecule has 0 aromatic heterocycles. The zero-order valence-electron chi connectivity index (χ0n) is 10.5. The van der Waals surface area contributed by atoms with Gasteiger partial charge in [-0.25, -0.2) is 13.2 Å². The Balaban J connectivity index is 3.39. The van der Waals surface area contributed by atoms with Crippen LogP contribution in [0.15, 0.2) is 17.1 Å². The highest BCUT2D eigenvalue weighted by Crippen LogP contribution is 2.28. The number of hydrogen-bond acceptors (Lipinski definition) is 5. The molecule has 0 saturated heterocycles. The van der Waals surface area contributed by atoms with Gasteiger partial charge in [0, 0.05) is 5.56 Å². The third-order valence-electron chi connectivity index (χ3n) is 2.47. The van der Waals surface area contributed by atoms with Crippen LogP contribution in [0, 0.1) is 6.92 Å². The minimum atomic E-state index is -3.66. The topological polar surface area (TPSA) is 83.9 Å². The molecule has 0 atom stereocenters. The Morgan fingerprint density at radius 1 is 1.47 bits per heavy atom. The third-order valence-corrected chi connectivity index (χ3v) is 3.94. The Morgan fingerprint density at radius 2 is 2.05 bits per heavy atom. The molecule has 0 N–H and O–H groups in total. The Bertz CT molecular complexity index is 683. The number of carbonyl (C=O) groups is 1. The summed E-state index contributed by atoms with van der Waals surface area (Å²) in [6, 6.07) is 2.69. The van der Waals surface area contributed by atoms with Crippen molar-refractivity contribution in [1.29, 1.82) is 0 Å². The molecular formula is C10H10BClN2O4S. The average Bonchev–Trinajstić information content (AvgIpc) is 2.29. The Morgan fingerprint density at radius 3 is 2.53 bits per heavy atom. The van der Waals surface area contributed by atoms with Gasteiger partial charge in [-0.1, -0.05) is 11.6 Å². The first-order valence-corrected chi connectivity index (χ1v) is 7.27. The van der Waals surface area contributed by atoms with Gasteiger partial charge in [0.25, 0.3) is 5.91 Å². The Hall–Kier alpha value is -1.63. The quantitative estimate of drug-likeness (QED) is 0.464. The summed E-state index contributed by atoms with van der Waals surface area (Å²) in [6.07, 6.45) is 2.23. The summed E-state index contributed by atoms with van der Waals surface area (Å²) in [6.45, 7) is 1.60. The monoisotopic (exact) mass is 300 g/mol. The van der Waals surface area contributed by atoms with Crippen molar-refractivity contribution >= 4 is 47.3 Å². The van der Waals surface area contributed by atoms with Gasteiger partial charge in [0.2, 0.25) is 24.1 Å². The molecule has 0 aliphatic rings. The number of sulfonamides is 1. The SMILES string of the molecule is BN(C(=O)c1cc(N=C=O)c(Cl)cc1C)S(C)(=O)=O. The van der Waals surface area contributed by atoms with Crippen molar-refractivity contribution in [2.24, 2.45) is 4.99 Å². The van der Waals surface area contributed by atoms with E-state index < -0.39 is 15.9 Å². The van der Waals surface area contributed by atoms with Crippen molar-refractivity contribution in [3.05, 3.63) is 28.3 Å². The maximum atomic E-state index is 12.0. The standard InChI is InChI=1S/C10H10BClN2O4S/c1-6-3-8(12)9(13-5-15)4-7(6)10(16)14(11)19(2,17)18/h3-4H,11H2,1-2H3. The number of rotatable bonds is 3. The van der Waals surface area contributed by atoms with Crippen molar-refractivity contribution in [1.82, 2.24) is 4.22 Å². The van der Waals surface area contributed by atoms with E-state index in [2.05, 4.69) is 4.99 Å². The molecule has 1 rings (SSSR count). The predicted molar refractivity (Wildman–Crippen MR) is 73.5 cm³/mol. The highest BCUT2D eigenvalue weighted by Gasteiger charge is 2.22. The largest absolute Gasteiger partial charge is 0.291 e. The zero-order chi connectivity index (χ0) is 14.8. The normalized spacial score (nSPS) is 10.7. The van der Waals surface area contributed by atoms with Crippen LogP contribution in [0.1, 0.15) is 15.9 Å². The van der Waals surface area contributed by atoms with Crippen molar-refractivity contribution in [2.45, 2.75) is 6.92 Å². The number of hydrogen-bond donors (Lipinski definition) is 0. The molecule has 0 radical (unpaired) electrons. The van der Waals surface area contributed by atoms with Crippen molar-refractivity contribution in [3.8, 4) is 0 Å². The van der Waals surface area contributed by atoms with Crippen LogP contribution >= 0.6 is 11.6 Å². The van der Waals surface area contributed by atoms with Gasteiger partial charge in [0.05, 0.1) is 17.0 Å². The lowest BCUT2D eigenvalue weighted by Crippen LogP contribution is -2.34. The lowest BCUT2D eigenvalue weighted by atomic mass is 10.1. The first kappa shape index (κ1) is 15.4. The summed E-state index contributed by atoms with van der Waals surface area (Å²) < 4.78 is 23.3. The van der Waals surface area contributed by atoms with E-state index in [9.17, 15) is 18.0 Å². The average molecular weight is 301 g/mol. The van der Waals surface area contributed by atoms with Gasteiger partial charge < -0.3 is 0 Å². The van der Waals surface area contributed by atoms with Gasteiger partial charge >= 0.3 is 0 Å². The summed E-state index contributed by atoms with van der Waals surface area (Å²) >= 11 is 5.84. The van der Waals surface area contributed by atoms with Crippen LogP contribution in [0.5, 0.6) is 0 Å². The number of isocyanates is 1. The molecule has 6 nitrogen and oxygen atoms in total. The van der Waals surface area contributed by atoms with E-state index in [1.54, 1.807) is 6.92 Å². The number of benzene rings is 1. The second kappa shape index (κ2) is 5.56. The molecule has 1 aromatic carbocycles. The number of nitrogens with zero attached hydrogens (tertiary/aromatic N) is 2. The summed E-state index contributed by atoms with van der Waals surface area (Å²) in [5, 5.41) is 0.180. The van der Waals surface area contributed by atoms with Gasteiger partial charge in [-0.3, -0.25) is 9.01 Å². The van der Waals surface area contributed by atoms with Crippen molar-refractivity contribution in [3.63, 3.8) is 0 Å². The second-order valence-electron chi connectivity index (χ2n) is 3.86. The minimum Gasteiger partial charge on any atom is -0.291 e. The van der Waals surface area contributed by atoms with Crippen LogP contribution in [0.3, 0.4) is 0 Å². The molecular weight excluding hydrogens is 290 g/mol. The molecule has 0 spiro atoms. The fraction of sp³-hybridized carbons (Fsp3) is 0.200. The van der Waals surface area contributed by atoms with E-state index in [0.717, 1.165) is 14.2 Å². The number of carbonyl (C=O) groups excluding carboxylic acids is 2. The fourth-order valence-electron chi connectivity index (χ4n) is 1.35. The molecule has 0 aliphatic carbocycles. The molecule has 1 aromatic rings. The number of amides is 1. The smallest absolute Gasteiger partial charge is 0.254 e. The van der Waals surface area contributed by atoms with E-state index in [1.807, 2.05) is 0 Å². The minimum absolute atomic E-state index is 0.0625. The maximum Gasteiger partial charge on any atom is 0.254 e. The zero-order valence-corrected chi connectivity index (χ0v) is 12.0. The maximum absolute atomic E-state index is 12.0. The Kier molecular flexibility index (Phi) is 4.52. The van der Waals surface area contributed by atoms with E-state index in [-0.39, 0.29) is 16.3 Å². The summed E-state index contributed by atoms with van der Waals surface area (Å²) in [5.41, 5.74) is 0.647. The molecule has 1 amide bonds. The highest BCUT2D eigenvalue weighted by atomic mass is 35.5. The van der Waals surface area contributed by atoms with Gasteiger partial charge in [0.15, 0.2) is 0 Å².